The summed E-state index contributed by atoms with van der Waals surface area (Å²) >= 11 is 0. The fourth-order valence-electron chi connectivity index (χ4n) is 3.47. The van der Waals surface area contributed by atoms with E-state index in [1.807, 2.05) is 16.8 Å². The molecule has 10 nitrogen and oxygen atoms in total. The molecule has 0 aromatic carbocycles. The smallest absolute Gasteiger partial charge is 0.246 e. The number of rotatable bonds is 8. The number of anilines is 1. The van der Waals surface area contributed by atoms with Crippen LogP contribution < -0.4 is 5.32 Å². The van der Waals surface area contributed by atoms with E-state index >= 15 is 0 Å². The van der Waals surface area contributed by atoms with Crippen molar-refractivity contribution in [1.29, 1.82) is 0 Å². The van der Waals surface area contributed by atoms with E-state index in [-0.39, 0.29) is 24.3 Å². The van der Waals surface area contributed by atoms with E-state index in [0.29, 0.717) is 29.1 Å². The van der Waals surface area contributed by atoms with Crippen LogP contribution in [0, 0.1) is 0 Å². The number of ether oxygens (including phenoxy) is 1. The van der Waals surface area contributed by atoms with Gasteiger partial charge in [0.15, 0.2) is 5.78 Å². The number of carbonyl (C=O) groups is 2. The molecule has 0 saturated heterocycles. The Bertz CT molecular complexity index is 1280. The van der Waals surface area contributed by atoms with Crippen LogP contribution in [0.1, 0.15) is 41.5 Å². The number of amides is 1. The van der Waals surface area contributed by atoms with Crippen LogP contribution in [0.4, 0.5) is 5.69 Å². The summed E-state index contributed by atoms with van der Waals surface area (Å²) in [7, 11) is 1.56. The van der Waals surface area contributed by atoms with Gasteiger partial charge >= 0.3 is 0 Å². The minimum Gasteiger partial charge on any atom is -0.378 e. The summed E-state index contributed by atoms with van der Waals surface area (Å²) in [6.45, 7) is 4.40. The summed E-state index contributed by atoms with van der Waals surface area (Å²) in [4.78, 5) is 34.0. The Morgan fingerprint density at radius 3 is 2.78 bits per heavy atom. The zero-order valence-corrected chi connectivity index (χ0v) is 18.0. The van der Waals surface area contributed by atoms with Crippen LogP contribution in [0.5, 0.6) is 0 Å². The lowest BCUT2D eigenvalue weighted by Gasteiger charge is -2.08. The second-order valence-electron chi connectivity index (χ2n) is 7.62. The van der Waals surface area contributed by atoms with E-state index < -0.39 is 0 Å². The number of aromatic nitrogens is 6. The molecule has 1 N–H and O–H groups in total. The Morgan fingerprint density at radius 2 is 2.00 bits per heavy atom. The molecular formula is C22H23N7O3. The Labute approximate surface area is 184 Å². The van der Waals surface area contributed by atoms with Crippen molar-refractivity contribution in [2.75, 3.05) is 12.4 Å². The molecule has 164 valence electrons. The molecule has 0 spiro atoms. The molecule has 0 bridgehead atoms. The van der Waals surface area contributed by atoms with Crippen LogP contribution >= 0.6 is 0 Å². The molecule has 0 atom stereocenters. The van der Waals surface area contributed by atoms with Crippen molar-refractivity contribution >= 4 is 28.3 Å². The van der Waals surface area contributed by atoms with E-state index in [1.54, 1.807) is 31.8 Å². The third-order valence-electron chi connectivity index (χ3n) is 4.90. The highest BCUT2D eigenvalue weighted by atomic mass is 16.5. The molecule has 0 aliphatic heterocycles. The van der Waals surface area contributed by atoms with Gasteiger partial charge in [-0.3, -0.25) is 19.6 Å². The van der Waals surface area contributed by atoms with Crippen LogP contribution in [-0.4, -0.2) is 48.3 Å². The van der Waals surface area contributed by atoms with Gasteiger partial charge in [0.1, 0.15) is 12.2 Å². The number of nitrogens with one attached hydrogen (secondary N) is 1. The third-order valence-corrected chi connectivity index (χ3v) is 4.90. The maximum Gasteiger partial charge on any atom is 0.246 e. The summed E-state index contributed by atoms with van der Waals surface area (Å²) < 4.78 is 8.45. The maximum absolute atomic E-state index is 13.3. The van der Waals surface area contributed by atoms with Crippen LogP contribution in [0.3, 0.4) is 0 Å². The van der Waals surface area contributed by atoms with Crippen molar-refractivity contribution < 1.29 is 14.3 Å². The number of pyridine rings is 2. The monoisotopic (exact) mass is 433 g/mol. The first-order chi connectivity index (χ1) is 15.5. The Morgan fingerprint density at radius 1 is 1.16 bits per heavy atom. The number of nitrogens with zero attached hydrogens (tertiary/aromatic N) is 6. The summed E-state index contributed by atoms with van der Waals surface area (Å²) in [6, 6.07) is 3.69. The van der Waals surface area contributed by atoms with Gasteiger partial charge in [0.2, 0.25) is 5.91 Å². The molecule has 1 amide bonds. The quantitative estimate of drug-likeness (QED) is 0.425. The Hall–Kier alpha value is -3.92. The van der Waals surface area contributed by atoms with Crippen LogP contribution in [0.2, 0.25) is 0 Å². The minimum absolute atomic E-state index is 0.0254. The standard InChI is InChI=1S/C22H23N7O3/c1-14(2)29-11-19(18-9-23-5-4-20(18)29)22(31)15-6-16(8-24-7-15)25-21(30)12-28-10-17(13-32-3)26-27-28/h4-11,14H,12-13H2,1-3H3,(H,25,30). The van der Waals surface area contributed by atoms with Gasteiger partial charge in [-0.25, -0.2) is 4.68 Å². The van der Waals surface area contributed by atoms with E-state index in [2.05, 4.69) is 39.4 Å². The Kier molecular flexibility index (Phi) is 6.04. The van der Waals surface area contributed by atoms with Crippen LogP contribution in [0.15, 0.2) is 49.3 Å². The maximum atomic E-state index is 13.3. The summed E-state index contributed by atoms with van der Waals surface area (Å²) in [5.74, 6) is -0.502. The van der Waals surface area contributed by atoms with Gasteiger partial charge in [-0.15, -0.1) is 5.10 Å². The van der Waals surface area contributed by atoms with Gasteiger partial charge in [-0.05, 0) is 26.0 Å². The molecular weight excluding hydrogens is 410 g/mol. The largest absolute Gasteiger partial charge is 0.378 e. The lowest BCUT2D eigenvalue weighted by molar-refractivity contribution is -0.116. The SMILES string of the molecule is COCc1cn(CC(=O)Nc2cncc(C(=O)c3cn(C(C)C)c4ccncc34)c2)nn1. The highest BCUT2D eigenvalue weighted by Gasteiger charge is 2.19. The number of methoxy groups -OCH3 is 1. The fourth-order valence-corrected chi connectivity index (χ4v) is 3.47. The molecule has 0 radical (unpaired) electrons. The van der Waals surface area contributed by atoms with Gasteiger partial charge < -0.3 is 14.6 Å². The zero-order valence-electron chi connectivity index (χ0n) is 18.0. The van der Waals surface area contributed by atoms with Crippen molar-refractivity contribution in [2.24, 2.45) is 0 Å². The second kappa shape index (κ2) is 9.06. The minimum atomic E-state index is -0.314. The van der Waals surface area contributed by atoms with E-state index in [4.69, 9.17) is 4.74 Å². The number of carbonyl (C=O) groups excluding carboxylic acids is 2. The topological polar surface area (TPSA) is 117 Å². The van der Waals surface area contributed by atoms with Crippen molar-refractivity contribution in [3.63, 3.8) is 0 Å². The van der Waals surface area contributed by atoms with Crippen LogP contribution in [0.25, 0.3) is 10.9 Å². The molecule has 0 fully saturated rings. The van der Waals surface area contributed by atoms with Gasteiger partial charge in [0, 0.05) is 54.5 Å². The average Bonchev–Trinajstić information content (AvgIpc) is 3.38. The Balaban J connectivity index is 1.53. The van der Waals surface area contributed by atoms with E-state index in [1.165, 1.54) is 17.1 Å². The third kappa shape index (κ3) is 4.40. The molecule has 4 aromatic heterocycles. The zero-order chi connectivity index (χ0) is 22.7. The van der Waals surface area contributed by atoms with E-state index in [0.717, 1.165) is 10.9 Å². The number of hydrogen-bond donors (Lipinski definition) is 1. The number of hydrogen-bond acceptors (Lipinski definition) is 7. The lowest BCUT2D eigenvalue weighted by Crippen LogP contribution is -2.19. The number of ketones is 1. The number of fused-ring (bicyclic) bond motifs is 1. The van der Waals surface area contributed by atoms with Crippen LogP contribution in [-0.2, 0) is 22.7 Å². The van der Waals surface area contributed by atoms with Gasteiger partial charge in [0.25, 0.3) is 0 Å². The first-order valence-electron chi connectivity index (χ1n) is 10.1. The van der Waals surface area contributed by atoms with Crippen molar-refractivity contribution in [1.82, 2.24) is 29.5 Å². The summed E-state index contributed by atoms with van der Waals surface area (Å²) in [5, 5.41) is 11.3. The van der Waals surface area contributed by atoms with Crippen molar-refractivity contribution in [3.05, 3.63) is 66.1 Å². The summed E-state index contributed by atoms with van der Waals surface area (Å²) in [6.07, 6.45) is 9.86. The lowest BCUT2D eigenvalue weighted by atomic mass is 10.1. The molecule has 10 heteroatoms. The first-order valence-corrected chi connectivity index (χ1v) is 10.1. The van der Waals surface area contributed by atoms with Gasteiger partial charge in [0.05, 0.1) is 30.2 Å². The molecule has 32 heavy (non-hydrogen) atoms. The predicted molar refractivity (Wildman–Crippen MR) is 117 cm³/mol. The predicted octanol–water partition coefficient (Wildman–Crippen LogP) is 2.62. The fraction of sp³-hybridized carbons (Fsp3) is 0.273. The van der Waals surface area contributed by atoms with Gasteiger partial charge in [-0.1, -0.05) is 5.21 Å². The molecule has 4 rings (SSSR count). The first kappa shape index (κ1) is 21.3. The normalized spacial score (nSPS) is 11.2. The van der Waals surface area contributed by atoms with Crippen molar-refractivity contribution in [3.8, 4) is 0 Å². The molecule has 0 saturated carbocycles. The van der Waals surface area contributed by atoms with Crippen molar-refractivity contribution in [2.45, 2.75) is 33.0 Å². The highest BCUT2D eigenvalue weighted by Crippen LogP contribution is 2.26. The second-order valence-corrected chi connectivity index (χ2v) is 7.62. The molecule has 0 unspecified atom stereocenters. The van der Waals surface area contributed by atoms with Gasteiger partial charge in [-0.2, -0.15) is 0 Å². The molecule has 0 aliphatic carbocycles. The molecule has 0 aliphatic rings. The molecule has 4 aromatic rings. The highest BCUT2D eigenvalue weighted by molar-refractivity contribution is 6.16. The summed E-state index contributed by atoms with van der Waals surface area (Å²) in [5.41, 5.74) is 2.91. The van der Waals surface area contributed by atoms with E-state index in [9.17, 15) is 9.59 Å². The average molecular weight is 433 g/mol. The molecule has 4 heterocycles.